The normalized spacial score (nSPS) is 11.9. The molecule has 0 radical (unpaired) electrons. The van der Waals surface area contributed by atoms with Crippen LogP contribution >= 0.6 is 0 Å². The van der Waals surface area contributed by atoms with Gasteiger partial charge in [-0.1, -0.05) is 60.7 Å². The zero-order chi connectivity index (χ0) is 28.9. The molecule has 40 heavy (non-hydrogen) atoms. The number of carbonyl (C=O) groups is 3. The van der Waals surface area contributed by atoms with E-state index in [1.54, 1.807) is 30.3 Å². The predicted molar refractivity (Wildman–Crippen MR) is 146 cm³/mol. The Morgan fingerprint density at radius 2 is 1.32 bits per heavy atom. The zero-order valence-corrected chi connectivity index (χ0v) is 21.3. The van der Waals surface area contributed by atoms with E-state index >= 15 is 0 Å². The first-order valence-corrected chi connectivity index (χ1v) is 12.3. The van der Waals surface area contributed by atoms with Gasteiger partial charge in [-0.25, -0.2) is 0 Å². The van der Waals surface area contributed by atoms with Gasteiger partial charge in [-0.15, -0.1) is 0 Å². The molecule has 0 saturated heterocycles. The van der Waals surface area contributed by atoms with Crippen LogP contribution < -0.4 is 10.6 Å². The minimum Gasteiger partial charge on any atom is -0.481 e. The van der Waals surface area contributed by atoms with Crippen LogP contribution in [0.5, 0.6) is 0 Å². The number of alkyl halides is 3. The lowest BCUT2D eigenvalue weighted by molar-refractivity contribution is -0.138. The summed E-state index contributed by atoms with van der Waals surface area (Å²) in [5.74, 6) is -1.76. The standard InChI is InChI=1S/C31H25F3N2O4/c1-19(37)35-27-4-2-3-25(17-27)22-5-9-23(10-6-22)28(18-29(38)39)36-30(40)24-11-7-20(8-12-24)21-13-15-26(16-14-21)31(32,33)34/h2-17,28H,18H2,1H3,(H,35,37)(H,36,40)(H,38,39). The lowest BCUT2D eigenvalue weighted by Crippen LogP contribution is -2.30. The van der Waals surface area contributed by atoms with Crippen molar-refractivity contribution in [2.24, 2.45) is 0 Å². The SMILES string of the molecule is CC(=O)Nc1cccc(-c2ccc(C(CC(=O)O)NC(=O)c3ccc(-c4ccc(C(F)(F)F)cc4)cc3)cc2)c1. The second kappa shape index (κ2) is 11.9. The van der Waals surface area contributed by atoms with Crippen LogP contribution in [0.1, 0.15) is 40.9 Å². The molecule has 4 aromatic rings. The highest BCUT2D eigenvalue weighted by atomic mass is 19.4. The summed E-state index contributed by atoms with van der Waals surface area (Å²) in [6.07, 6.45) is -4.77. The van der Waals surface area contributed by atoms with Gasteiger partial charge in [0.05, 0.1) is 18.0 Å². The Kier molecular flexibility index (Phi) is 8.33. The van der Waals surface area contributed by atoms with Crippen molar-refractivity contribution in [2.75, 3.05) is 5.32 Å². The van der Waals surface area contributed by atoms with Crippen molar-refractivity contribution in [1.29, 1.82) is 0 Å². The number of benzene rings is 4. The van der Waals surface area contributed by atoms with Gasteiger partial charge in [0.15, 0.2) is 0 Å². The molecule has 4 rings (SSSR count). The molecule has 0 spiro atoms. The van der Waals surface area contributed by atoms with Gasteiger partial charge in [-0.2, -0.15) is 13.2 Å². The summed E-state index contributed by atoms with van der Waals surface area (Å²) in [6.45, 7) is 1.42. The van der Waals surface area contributed by atoms with E-state index in [-0.39, 0.29) is 17.9 Å². The monoisotopic (exact) mass is 546 g/mol. The minimum atomic E-state index is -4.42. The highest BCUT2D eigenvalue weighted by Gasteiger charge is 2.30. The molecule has 0 aliphatic rings. The Hall–Kier alpha value is -4.92. The number of hydrogen-bond donors (Lipinski definition) is 3. The van der Waals surface area contributed by atoms with Crippen LogP contribution in [0.4, 0.5) is 18.9 Å². The number of anilines is 1. The molecule has 4 aromatic carbocycles. The number of carboxylic acids is 1. The van der Waals surface area contributed by atoms with Crippen LogP contribution in [0.25, 0.3) is 22.3 Å². The average Bonchev–Trinajstić information content (AvgIpc) is 2.92. The molecule has 9 heteroatoms. The van der Waals surface area contributed by atoms with E-state index in [4.69, 9.17) is 0 Å². The van der Waals surface area contributed by atoms with Gasteiger partial charge in [0.25, 0.3) is 5.91 Å². The van der Waals surface area contributed by atoms with E-state index in [9.17, 15) is 32.7 Å². The van der Waals surface area contributed by atoms with Gasteiger partial charge in [0.1, 0.15) is 0 Å². The molecule has 204 valence electrons. The second-order valence-corrected chi connectivity index (χ2v) is 9.16. The lowest BCUT2D eigenvalue weighted by atomic mass is 9.98. The van der Waals surface area contributed by atoms with Crippen LogP contribution in [0.3, 0.4) is 0 Å². The molecule has 0 aliphatic heterocycles. The van der Waals surface area contributed by atoms with Gasteiger partial charge in [-0.05, 0) is 64.2 Å². The van der Waals surface area contributed by atoms with Crippen molar-refractivity contribution in [3.63, 3.8) is 0 Å². The van der Waals surface area contributed by atoms with Gasteiger partial charge in [0.2, 0.25) is 5.91 Å². The van der Waals surface area contributed by atoms with Crippen molar-refractivity contribution in [3.05, 3.63) is 114 Å². The molecule has 0 aliphatic carbocycles. The average molecular weight is 547 g/mol. The molecule has 1 atom stereocenters. The minimum absolute atomic E-state index is 0.186. The molecule has 6 nitrogen and oxygen atoms in total. The molecule has 3 N–H and O–H groups in total. The number of carboxylic acid groups (broad SMARTS) is 1. The summed E-state index contributed by atoms with van der Waals surface area (Å²) in [4.78, 5) is 35.9. The number of halogens is 3. The first-order valence-electron chi connectivity index (χ1n) is 12.3. The topological polar surface area (TPSA) is 95.5 Å². The van der Waals surface area contributed by atoms with E-state index in [1.165, 1.54) is 31.2 Å². The van der Waals surface area contributed by atoms with Crippen LogP contribution in [-0.4, -0.2) is 22.9 Å². The van der Waals surface area contributed by atoms with Crippen molar-refractivity contribution in [1.82, 2.24) is 5.32 Å². The van der Waals surface area contributed by atoms with Crippen LogP contribution in [-0.2, 0) is 15.8 Å². The number of hydrogen-bond acceptors (Lipinski definition) is 3. The summed E-state index contributed by atoms with van der Waals surface area (Å²) in [7, 11) is 0. The number of amides is 2. The number of rotatable bonds is 8. The van der Waals surface area contributed by atoms with Crippen LogP contribution in [0, 0.1) is 0 Å². The molecule has 0 heterocycles. The summed E-state index contributed by atoms with van der Waals surface area (Å²) in [5.41, 5.74) is 3.66. The fourth-order valence-corrected chi connectivity index (χ4v) is 4.22. The van der Waals surface area contributed by atoms with Crippen molar-refractivity contribution >= 4 is 23.5 Å². The smallest absolute Gasteiger partial charge is 0.416 e. The summed E-state index contributed by atoms with van der Waals surface area (Å²) in [6, 6.07) is 24.6. The zero-order valence-electron chi connectivity index (χ0n) is 21.3. The Labute approximate surface area is 228 Å². The van der Waals surface area contributed by atoms with E-state index in [0.717, 1.165) is 23.3 Å². The van der Waals surface area contributed by atoms with Crippen molar-refractivity contribution < 1.29 is 32.7 Å². The fraction of sp³-hybridized carbons (Fsp3) is 0.129. The highest BCUT2D eigenvalue weighted by molar-refractivity contribution is 5.95. The van der Waals surface area contributed by atoms with Crippen molar-refractivity contribution in [2.45, 2.75) is 25.6 Å². The first kappa shape index (κ1) is 28.1. The quantitative estimate of drug-likeness (QED) is 0.223. The third kappa shape index (κ3) is 7.13. The molecule has 1 unspecified atom stereocenters. The summed E-state index contributed by atoms with van der Waals surface area (Å²) >= 11 is 0. The van der Waals surface area contributed by atoms with E-state index in [1.807, 2.05) is 30.3 Å². The van der Waals surface area contributed by atoms with Gasteiger partial charge in [-0.3, -0.25) is 14.4 Å². The Balaban J connectivity index is 1.49. The third-order valence-electron chi connectivity index (χ3n) is 6.21. The Morgan fingerprint density at radius 3 is 1.88 bits per heavy atom. The van der Waals surface area contributed by atoms with Crippen LogP contribution in [0.2, 0.25) is 0 Å². The molecule has 0 aromatic heterocycles. The van der Waals surface area contributed by atoms with Crippen molar-refractivity contribution in [3.8, 4) is 22.3 Å². The van der Waals surface area contributed by atoms with Gasteiger partial charge < -0.3 is 15.7 Å². The maximum atomic E-state index is 13.0. The summed E-state index contributed by atoms with van der Waals surface area (Å²) in [5, 5.41) is 14.9. The van der Waals surface area contributed by atoms with Crippen LogP contribution in [0.15, 0.2) is 97.1 Å². The first-order chi connectivity index (χ1) is 19.0. The van der Waals surface area contributed by atoms with E-state index in [2.05, 4.69) is 10.6 Å². The number of nitrogens with one attached hydrogen (secondary N) is 2. The summed E-state index contributed by atoms with van der Waals surface area (Å²) < 4.78 is 38.5. The molecule has 0 bridgehead atoms. The largest absolute Gasteiger partial charge is 0.481 e. The van der Waals surface area contributed by atoms with Gasteiger partial charge >= 0.3 is 12.1 Å². The lowest BCUT2D eigenvalue weighted by Gasteiger charge is -2.18. The highest BCUT2D eigenvalue weighted by Crippen LogP contribution is 2.31. The van der Waals surface area contributed by atoms with Gasteiger partial charge in [0, 0.05) is 18.2 Å². The second-order valence-electron chi connectivity index (χ2n) is 9.16. The molecular weight excluding hydrogens is 521 g/mol. The van der Waals surface area contributed by atoms with E-state index in [0.29, 0.717) is 22.4 Å². The molecule has 0 fully saturated rings. The predicted octanol–water partition coefficient (Wildman–Crippen LogP) is 6.94. The molecule has 0 saturated carbocycles. The Bertz CT molecular complexity index is 1510. The molecular formula is C31H25F3N2O4. The number of aliphatic carboxylic acids is 1. The third-order valence-corrected chi connectivity index (χ3v) is 6.21. The maximum absolute atomic E-state index is 13.0. The number of carbonyl (C=O) groups excluding carboxylic acids is 2. The molecule has 2 amide bonds. The Morgan fingerprint density at radius 1 is 0.775 bits per heavy atom. The van der Waals surface area contributed by atoms with E-state index < -0.39 is 29.7 Å². The maximum Gasteiger partial charge on any atom is 0.416 e. The fourth-order valence-electron chi connectivity index (χ4n) is 4.22.